The maximum atomic E-state index is 13.1. The highest BCUT2D eigenvalue weighted by atomic mass is 35.5. The van der Waals surface area contributed by atoms with Crippen LogP contribution in [0.15, 0.2) is 59.9 Å². The summed E-state index contributed by atoms with van der Waals surface area (Å²) in [7, 11) is 3.79. The van der Waals surface area contributed by atoms with Crippen LogP contribution in [0.2, 0.25) is 5.02 Å². The quantitative estimate of drug-likeness (QED) is 0.557. The van der Waals surface area contributed by atoms with Gasteiger partial charge in [-0.25, -0.2) is 0 Å². The Morgan fingerprint density at radius 1 is 1.00 bits per heavy atom. The first-order valence-electron chi connectivity index (χ1n) is 9.96. The fraction of sp³-hybridized carbons (Fsp3) is 0.304. The number of hydrogen-bond donors (Lipinski definition) is 0. The normalized spacial score (nSPS) is 16.5. The molecule has 0 amide bonds. The summed E-state index contributed by atoms with van der Waals surface area (Å²) in [6.07, 6.45) is 0. The zero-order valence-electron chi connectivity index (χ0n) is 17.2. The van der Waals surface area contributed by atoms with Gasteiger partial charge in [0.05, 0.1) is 17.9 Å². The second-order valence-corrected chi connectivity index (χ2v) is 8.02. The number of Topliss-reactive ketones (excluding diaryl/α,β-unsaturated/α-hetero) is 1. The minimum Gasteiger partial charge on any atom is -0.369 e. The molecular weight excluding hydrogens is 398 g/mol. The lowest BCUT2D eigenvalue weighted by molar-refractivity contribution is -0.116. The largest absolute Gasteiger partial charge is 0.369 e. The topological polar surface area (TPSA) is 53.8 Å². The highest BCUT2D eigenvalue weighted by Crippen LogP contribution is 2.40. The lowest BCUT2D eigenvalue weighted by Crippen LogP contribution is -2.48. The van der Waals surface area contributed by atoms with E-state index in [0.29, 0.717) is 5.82 Å². The molecule has 6 nitrogen and oxygen atoms in total. The molecule has 1 fully saturated rings. The van der Waals surface area contributed by atoms with E-state index in [-0.39, 0.29) is 17.9 Å². The van der Waals surface area contributed by atoms with E-state index < -0.39 is 0 Å². The molecule has 0 radical (unpaired) electrons. The van der Waals surface area contributed by atoms with Crippen molar-refractivity contribution >= 4 is 34.4 Å². The third-order valence-electron chi connectivity index (χ3n) is 5.77. The van der Waals surface area contributed by atoms with Gasteiger partial charge < -0.3 is 14.7 Å². The molecule has 0 aliphatic carbocycles. The molecule has 4 rings (SSSR count). The molecule has 2 aromatic carbocycles. The van der Waals surface area contributed by atoms with Gasteiger partial charge in [-0.1, -0.05) is 29.8 Å². The van der Waals surface area contributed by atoms with Crippen molar-refractivity contribution in [3.63, 3.8) is 0 Å². The number of para-hydroxylation sites is 2. The van der Waals surface area contributed by atoms with E-state index in [9.17, 15) is 10.1 Å². The summed E-state index contributed by atoms with van der Waals surface area (Å²) < 4.78 is 0. The Morgan fingerprint density at radius 3 is 2.20 bits per heavy atom. The molecule has 7 heteroatoms. The lowest BCUT2D eigenvalue weighted by atomic mass is 10.1. The maximum absolute atomic E-state index is 13.1. The van der Waals surface area contributed by atoms with Crippen LogP contribution in [0.5, 0.6) is 0 Å². The number of anilines is 3. The third-order valence-corrected chi connectivity index (χ3v) is 6.00. The van der Waals surface area contributed by atoms with Crippen molar-refractivity contribution in [2.24, 2.45) is 0 Å². The average Bonchev–Trinajstić information content (AvgIpc) is 3.00. The molecule has 2 aliphatic heterocycles. The molecular formula is C23H24ClN5O. The standard InChI is InChI=1S/C23H24ClN5O/c1-26-20-8-3-4-9-21(20)27(2)23(26)19(15-25)22(30)16-28-10-12-29(13-11-28)18-7-5-6-17(24)14-18/h3-9,14H,10-13,16H2,1-2H3. The molecule has 0 saturated carbocycles. The second-order valence-electron chi connectivity index (χ2n) is 7.58. The number of fused-ring (bicyclic) bond motifs is 1. The fourth-order valence-electron chi connectivity index (χ4n) is 4.18. The van der Waals surface area contributed by atoms with E-state index in [4.69, 9.17) is 11.6 Å². The van der Waals surface area contributed by atoms with Crippen molar-refractivity contribution in [2.75, 3.05) is 61.5 Å². The van der Waals surface area contributed by atoms with Crippen LogP contribution in [0.1, 0.15) is 0 Å². The molecule has 0 spiro atoms. The van der Waals surface area contributed by atoms with Gasteiger partial charge in [-0.05, 0) is 30.3 Å². The van der Waals surface area contributed by atoms with Crippen LogP contribution in [0.25, 0.3) is 0 Å². The monoisotopic (exact) mass is 421 g/mol. The summed E-state index contributed by atoms with van der Waals surface area (Å²) in [4.78, 5) is 21.3. The van der Waals surface area contributed by atoms with Gasteiger partial charge in [-0.2, -0.15) is 5.26 Å². The van der Waals surface area contributed by atoms with Crippen molar-refractivity contribution < 1.29 is 4.79 Å². The first-order valence-corrected chi connectivity index (χ1v) is 10.3. The minimum atomic E-state index is -0.143. The van der Waals surface area contributed by atoms with Gasteiger partial charge in [0.25, 0.3) is 0 Å². The molecule has 0 atom stereocenters. The van der Waals surface area contributed by atoms with Crippen molar-refractivity contribution in [3.05, 3.63) is 64.9 Å². The Morgan fingerprint density at radius 2 is 1.63 bits per heavy atom. The summed E-state index contributed by atoms with van der Waals surface area (Å²) in [5.74, 6) is 0.497. The molecule has 2 heterocycles. The number of benzene rings is 2. The van der Waals surface area contributed by atoms with E-state index >= 15 is 0 Å². The number of carbonyl (C=O) groups excluding carboxylic acids is 1. The van der Waals surface area contributed by atoms with Crippen LogP contribution in [0.3, 0.4) is 0 Å². The number of halogens is 1. The second kappa shape index (κ2) is 8.39. The predicted molar refractivity (Wildman–Crippen MR) is 121 cm³/mol. The number of carbonyl (C=O) groups is 1. The van der Waals surface area contributed by atoms with Crippen molar-refractivity contribution in [2.45, 2.75) is 0 Å². The number of rotatable bonds is 4. The Labute approximate surface area is 182 Å². The number of nitriles is 1. The van der Waals surface area contributed by atoms with Gasteiger partial charge >= 0.3 is 0 Å². The summed E-state index contributed by atoms with van der Waals surface area (Å²) >= 11 is 6.11. The van der Waals surface area contributed by atoms with Crippen LogP contribution in [0.4, 0.5) is 17.1 Å². The highest BCUT2D eigenvalue weighted by molar-refractivity contribution is 6.30. The fourth-order valence-corrected chi connectivity index (χ4v) is 4.36. The van der Waals surface area contributed by atoms with E-state index in [2.05, 4.69) is 15.9 Å². The lowest BCUT2D eigenvalue weighted by Gasteiger charge is -2.35. The molecule has 2 aromatic rings. The van der Waals surface area contributed by atoms with Crippen LogP contribution >= 0.6 is 11.6 Å². The SMILES string of the molecule is CN1C(=C(C#N)C(=O)CN2CCN(c3cccc(Cl)c3)CC2)N(C)c2ccccc21. The van der Waals surface area contributed by atoms with Gasteiger partial charge in [-0.15, -0.1) is 0 Å². The molecule has 1 saturated heterocycles. The van der Waals surface area contributed by atoms with Gasteiger partial charge in [0.15, 0.2) is 5.78 Å². The molecule has 0 unspecified atom stereocenters. The van der Waals surface area contributed by atoms with Crippen molar-refractivity contribution in [1.82, 2.24) is 4.90 Å². The summed E-state index contributed by atoms with van der Waals surface area (Å²) in [6, 6.07) is 17.9. The van der Waals surface area contributed by atoms with Gasteiger partial charge in [-0.3, -0.25) is 9.69 Å². The molecule has 0 N–H and O–H groups in total. The summed E-state index contributed by atoms with van der Waals surface area (Å²) in [5.41, 5.74) is 3.28. The molecule has 2 aliphatic rings. The maximum Gasteiger partial charge on any atom is 0.191 e. The Kier molecular flexibility index (Phi) is 5.67. The Bertz CT molecular complexity index is 1000. The van der Waals surface area contributed by atoms with Crippen molar-refractivity contribution in [1.29, 1.82) is 5.26 Å². The summed E-state index contributed by atoms with van der Waals surface area (Å²) in [5, 5.41) is 10.5. The van der Waals surface area contributed by atoms with E-state index in [1.165, 1.54) is 0 Å². The average molecular weight is 422 g/mol. The smallest absolute Gasteiger partial charge is 0.191 e. The third kappa shape index (κ3) is 3.74. The number of hydrogen-bond acceptors (Lipinski definition) is 6. The number of ketones is 1. The summed E-state index contributed by atoms with van der Waals surface area (Å²) in [6.45, 7) is 3.40. The molecule has 154 valence electrons. The Balaban J connectivity index is 1.45. The predicted octanol–water partition coefficient (Wildman–Crippen LogP) is 3.35. The van der Waals surface area contributed by atoms with Crippen molar-refractivity contribution in [3.8, 4) is 6.07 Å². The van der Waals surface area contributed by atoms with Gasteiger partial charge in [0.1, 0.15) is 17.5 Å². The molecule has 30 heavy (non-hydrogen) atoms. The van der Waals surface area contributed by atoms with E-state index in [1.807, 2.05) is 72.4 Å². The highest BCUT2D eigenvalue weighted by Gasteiger charge is 2.32. The zero-order chi connectivity index (χ0) is 21.3. The van der Waals surface area contributed by atoms with Crippen LogP contribution in [-0.2, 0) is 4.79 Å². The van der Waals surface area contributed by atoms with Gasteiger partial charge in [0, 0.05) is 51.0 Å². The molecule has 0 bridgehead atoms. The van der Waals surface area contributed by atoms with E-state index in [1.54, 1.807) is 0 Å². The Hall–Kier alpha value is -3.01. The van der Waals surface area contributed by atoms with Crippen LogP contribution in [-0.4, -0.2) is 57.5 Å². The number of piperazine rings is 1. The van der Waals surface area contributed by atoms with Crippen LogP contribution < -0.4 is 14.7 Å². The zero-order valence-corrected chi connectivity index (χ0v) is 17.9. The van der Waals surface area contributed by atoms with Gasteiger partial charge in [0.2, 0.25) is 0 Å². The first kappa shape index (κ1) is 20.3. The number of nitrogens with zero attached hydrogens (tertiary/aromatic N) is 5. The molecule has 0 aromatic heterocycles. The first-order chi connectivity index (χ1) is 14.5. The van der Waals surface area contributed by atoms with E-state index in [0.717, 1.165) is 48.3 Å². The minimum absolute atomic E-state index is 0.143. The van der Waals surface area contributed by atoms with Crippen LogP contribution in [0, 0.1) is 11.3 Å².